The van der Waals surface area contributed by atoms with E-state index in [0.717, 1.165) is 24.7 Å². The van der Waals surface area contributed by atoms with Crippen molar-refractivity contribution in [2.75, 3.05) is 0 Å². The molecule has 0 aromatic heterocycles. The lowest BCUT2D eigenvalue weighted by atomic mass is 9.62. The minimum atomic E-state index is -0.652. The lowest BCUT2D eigenvalue weighted by Crippen LogP contribution is -2.33. The SMILES string of the molecule is C=C1CCCC/C1=C/C=C1\CCCC2(C)C(CCCCC(=O)O)CCC12. The van der Waals surface area contributed by atoms with Crippen LogP contribution in [0.25, 0.3) is 0 Å². The normalized spacial score (nSPS) is 35.0. The van der Waals surface area contributed by atoms with Crippen LogP contribution in [-0.4, -0.2) is 11.1 Å². The number of rotatable bonds is 6. The van der Waals surface area contributed by atoms with Crippen molar-refractivity contribution >= 4 is 5.97 Å². The van der Waals surface area contributed by atoms with Crippen molar-refractivity contribution in [3.05, 3.63) is 35.5 Å². The molecule has 2 heteroatoms. The summed E-state index contributed by atoms with van der Waals surface area (Å²) in [6.07, 6.45) is 19.9. The van der Waals surface area contributed by atoms with E-state index >= 15 is 0 Å². The number of hydrogen-bond acceptors (Lipinski definition) is 1. The third kappa shape index (κ3) is 4.32. The van der Waals surface area contributed by atoms with E-state index in [4.69, 9.17) is 5.11 Å². The summed E-state index contributed by atoms with van der Waals surface area (Å²) >= 11 is 0. The second-order valence-corrected chi connectivity index (χ2v) is 9.07. The summed E-state index contributed by atoms with van der Waals surface area (Å²) in [5.41, 5.74) is 4.96. The maximum Gasteiger partial charge on any atom is 0.303 e. The number of carboxylic acid groups (broad SMARTS) is 1. The van der Waals surface area contributed by atoms with Crippen molar-refractivity contribution < 1.29 is 9.90 Å². The fourth-order valence-corrected chi connectivity index (χ4v) is 5.89. The Morgan fingerprint density at radius 3 is 2.73 bits per heavy atom. The molecule has 2 nitrogen and oxygen atoms in total. The van der Waals surface area contributed by atoms with Crippen LogP contribution in [0.1, 0.15) is 90.4 Å². The Kier molecular flexibility index (Phi) is 6.42. The lowest BCUT2D eigenvalue weighted by molar-refractivity contribution is -0.137. The Labute approximate surface area is 159 Å². The van der Waals surface area contributed by atoms with Crippen LogP contribution in [0.4, 0.5) is 0 Å². The van der Waals surface area contributed by atoms with E-state index < -0.39 is 5.97 Å². The molecule has 0 aliphatic heterocycles. The Hall–Kier alpha value is -1.31. The second kappa shape index (κ2) is 8.59. The molecule has 3 aliphatic rings. The van der Waals surface area contributed by atoms with Gasteiger partial charge in [0, 0.05) is 6.42 Å². The van der Waals surface area contributed by atoms with Crippen molar-refractivity contribution in [1.29, 1.82) is 0 Å². The Bertz CT molecular complexity index is 597. The van der Waals surface area contributed by atoms with Crippen molar-refractivity contribution in [3.63, 3.8) is 0 Å². The second-order valence-electron chi connectivity index (χ2n) is 9.07. The molecule has 3 aliphatic carbocycles. The van der Waals surface area contributed by atoms with Crippen LogP contribution in [-0.2, 0) is 4.79 Å². The molecule has 3 unspecified atom stereocenters. The number of aliphatic carboxylic acids is 1. The van der Waals surface area contributed by atoms with Crippen LogP contribution in [0, 0.1) is 17.3 Å². The number of hydrogen-bond donors (Lipinski definition) is 1. The lowest BCUT2D eigenvalue weighted by Gasteiger charge is -2.42. The Morgan fingerprint density at radius 2 is 1.96 bits per heavy atom. The van der Waals surface area contributed by atoms with Crippen LogP contribution >= 0.6 is 0 Å². The summed E-state index contributed by atoms with van der Waals surface area (Å²) in [7, 11) is 0. The summed E-state index contributed by atoms with van der Waals surface area (Å²) in [5.74, 6) is 0.873. The molecule has 3 fully saturated rings. The van der Waals surface area contributed by atoms with Crippen LogP contribution in [0.2, 0.25) is 0 Å². The molecule has 1 N–H and O–H groups in total. The minimum absolute atomic E-state index is 0.329. The zero-order valence-corrected chi connectivity index (χ0v) is 16.6. The van der Waals surface area contributed by atoms with E-state index in [2.05, 4.69) is 25.7 Å². The van der Waals surface area contributed by atoms with Gasteiger partial charge in [-0.1, -0.05) is 43.2 Å². The Balaban J connectivity index is 1.64. The summed E-state index contributed by atoms with van der Waals surface area (Å²) in [6.45, 7) is 6.79. The van der Waals surface area contributed by atoms with Gasteiger partial charge in [-0.15, -0.1) is 0 Å². The molecule has 144 valence electrons. The largest absolute Gasteiger partial charge is 0.481 e. The molecule has 0 aromatic rings. The van der Waals surface area contributed by atoms with Gasteiger partial charge in [0.25, 0.3) is 0 Å². The van der Waals surface area contributed by atoms with E-state index in [9.17, 15) is 4.79 Å². The summed E-state index contributed by atoms with van der Waals surface area (Å²) in [4.78, 5) is 10.7. The van der Waals surface area contributed by atoms with Gasteiger partial charge in [-0.3, -0.25) is 4.79 Å². The van der Waals surface area contributed by atoms with Crippen molar-refractivity contribution in [1.82, 2.24) is 0 Å². The van der Waals surface area contributed by atoms with Gasteiger partial charge in [-0.2, -0.15) is 0 Å². The van der Waals surface area contributed by atoms with Crippen LogP contribution in [0.15, 0.2) is 35.5 Å². The van der Waals surface area contributed by atoms with Gasteiger partial charge in [0.1, 0.15) is 0 Å². The van der Waals surface area contributed by atoms with Gasteiger partial charge in [0.2, 0.25) is 0 Å². The van der Waals surface area contributed by atoms with Crippen molar-refractivity contribution in [2.45, 2.75) is 90.4 Å². The summed E-state index contributed by atoms with van der Waals surface area (Å²) in [6, 6.07) is 0. The molecule has 0 spiro atoms. The fourth-order valence-electron chi connectivity index (χ4n) is 5.89. The van der Waals surface area contributed by atoms with Gasteiger partial charge in [0.05, 0.1) is 0 Å². The average Bonchev–Trinajstić information content (AvgIpc) is 2.95. The van der Waals surface area contributed by atoms with E-state index in [1.165, 1.54) is 75.4 Å². The van der Waals surface area contributed by atoms with Crippen molar-refractivity contribution in [2.24, 2.45) is 17.3 Å². The zero-order chi connectivity index (χ0) is 18.6. The summed E-state index contributed by atoms with van der Waals surface area (Å²) < 4.78 is 0. The van der Waals surface area contributed by atoms with E-state index in [-0.39, 0.29) is 0 Å². The highest BCUT2D eigenvalue weighted by molar-refractivity contribution is 5.66. The van der Waals surface area contributed by atoms with Crippen LogP contribution in [0.5, 0.6) is 0 Å². The average molecular weight is 357 g/mol. The van der Waals surface area contributed by atoms with Gasteiger partial charge in [0.15, 0.2) is 0 Å². The number of carbonyl (C=O) groups is 1. The first-order valence-electron chi connectivity index (χ1n) is 10.8. The number of carboxylic acids is 1. The molecule has 0 amide bonds. The van der Waals surface area contributed by atoms with Gasteiger partial charge in [-0.05, 0) is 93.5 Å². The number of allylic oxidation sites excluding steroid dienone is 5. The topological polar surface area (TPSA) is 37.3 Å². The van der Waals surface area contributed by atoms with E-state index in [1.54, 1.807) is 5.57 Å². The molecule has 0 aromatic carbocycles. The van der Waals surface area contributed by atoms with Crippen LogP contribution < -0.4 is 0 Å². The third-order valence-electron chi connectivity index (χ3n) is 7.48. The first-order valence-corrected chi connectivity index (χ1v) is 10.8. The van der Waals surface area contributed by atoms with Gasteiger partial charge < -0.3 is 5.11 Å². The Morgan fingerprint density at radius 1 is 1.15 bits per heavy atom. The predicted molar refractivity (Wildman–Crippen MR) is 108 cm³/mol. The molecule has 0 saturated heterocycles. The minimum Gasteiger partial charge on any atom is -0.481 e. The molecular weight excluding hydrogens is 320 g/mol. The molecule has 3 atom stereocenters. The molecule has 0 bridgehead atoms. The molecular formula is C24H36O2. The van der Waals surface area contributed by atoms with E-state index in [1.807, 2.05) is 0 Å². The molecule has 3 rings (SSSR count). The quantitative estimate of drug-likeness (QED) is 0.529. The zero-order valence-electron chi connectivity index (χ0n) is 16.6. The highest BCUT2D eigenvalue weighted by Gasteiger charge is 2.48. The smallest absolute Gasteiger partial charge is 0.303 e. The first kappa shape index (κ1) is 19.5. The fraction of sp³-hybridized carbons (Fsp3) is 0.708. The molecule has 0 heterocycles. The van der Waals surface area contributed by atoms with Gasteiger partial charge in [-0.25, -0.2) is 0 Å². The maximum absolute atomic E-state index is 10.7. The van der Waals surface area contributed by atoms with Crippen LogP contribution in [0.3, 0.4) is 0 Å². The monoisotopic (exact) mass is 356 g/mol. The highest BCUT2D eigenvalue weighted by atomic mass is 16.4. The molecule has 3 saturated carbocycles. The molecule has 0 radical (unpaired) electrons. The predicted octanol–water partition coefficient (Wildman–Crippen LogP) is 6.83. The standard InChI is InChI=1S/C24H36O2/c1-18-8-3-4-9-19(18)13-14-20-10-7-17-24(2)21(15-16-22(20)24)11-5-6-12-23(25)26/h13-14,21-22H,1,3-12,15-17H2,2H3,(H,25,26)/b19-13-,20-14+. The van der Waals surface area contributed by atoms with Crippen molar-refractivity contribution in [3.8, 4) is 0 Å². The first-order chi connectivity index (χ1) is 12.5. The third-order valence-corrected chi connectivity index (χ3v) is 7.48. The van der Waals surface area contributed by atoms with E-state index in [0.29, 0.717) is 11.8 Å². The maximum atomic E-state index is 10.7. The van der Waals surface area contributed by atoms with Gasteiger partial charge >= 0.3 is 5.97 Å². The number of unbranched alkanes of at least 4 members (excludes halogenated alkanes) is 1. The highest BCUT2D eigenvalue weighted by Crippen LogP contribution is 2.58. The molecule has 26 heavy (non-hydrogen) atoms. The summed E-state index contributed by atoms with van der Waals surface area (Å²) in [5, 5.41) is 8.84. The number of fused-ring (bicyclic) bond motifs is 1.